The minimum Gasteiger partial charge on any atom is -0.326 e. The molecular formula is C17H19N3O4S. The van der Waals surface area contributed by atoms with Crippen molar-refractivity contribution in [2.75, 3.05) is 13.1 Å². The van der Waals surface area contributed by atoms with Crippen LogP contribution in [0.15, 0.2) is 53.4 Å². The minimum atomic E-state index is -3.85. The number of sulfonamides is 1. The third-order valence-corrected chi connectivity index (χ3v) is 6.53. The molecule has 0 saturated carbocycles. The molecule has 1 aliphatic heterocycles. The van der Waals surface area contributed by atoms with E-state index in [9.17, 15) is 18.5 Å². The van der Waals surface area contributed by atoms with E-state index in [4.69, 9.17) is 5.73 Å². The van der Waals surface area contributed by atoms with Crippen LogP contribution in [0, 0.1) is 17.0 Å². The summed E-state index contributed by atoms with van der Waals surface area (Å²) in [5.41, 5.74) is 7.40. The summed E-state index contributed by atoms with van der Waals surface area (Å²) in [5, 5.41) is 11.0. The molecule has 132 valence electrons. The molecule has 25 heavy (non-hydrogen) atoms. The maximum Gasteiger partial charge on any atom is 0.270 e. The summed E-state index contributed by atoms with van der Waals surface area (Å²) < 4.78 is 27.3. The van der Waals surface area contributed by atoms with Gasteiger partial charge in [-0.2, -0.15) is 4.31 Å². The molecule has 7 nitrogen and oxygen atoms in total. The number of nitrogens with zero attached hydrogens (tertiary/aromatic N) is 2. The zero-order valence-electron chi connectivity index (χ0n) is 13.7. The summed E-state index contributed by atoms with van der Waals surface area (Å²) in [7, 11) is -3.85. The molecule has 1 heterocycles. The second-order valence-corrected chi connectivity index (χ2v) is 8.12. The Morgan fingerprint density at radius 3 is 2.48 bits per heavy atom. The Morgan fingerprint density at radius 2 is 1.84 bits per heavy atom. The molecule has 8 heteroatoms. The van der Waals surface area contributed by atoms with E-state index < -0.39 is 14.9 Å². The van der Waals surface area contributed by atoms with Crippen molar-refractivity contribution in [1.82, 2.24) is 4.31 Å². The molecule has 0 amide bonds. The van der Waals surface area contributed by atoms with Gasteiger partial charge in [0.1, 0.15) is 0 Å². The highest BCUT2D eigenvalue weighted by Crippen LogP contribution is 2.32. The van der Waals surface area contributed by atoms with Gasteiger partial charge in [0.05, 0.1) is 9.82 Å². The molecule has 3 rings (SSSR count). The van der Waals surface area contributed by atoms with Crippen LogP contribution in [0.2, 0.25) is 0 Å². The molecule has 0 spiro atoms. The minimum absolute atomic E-state index is 0.0392. The Bertz CT molecular complexity index is 899. The molecule has 2 atom stereocenters. The zero-order chi connectivity index (χ0) is 18.2. The predicted molar refractivity (Wildman–Crippen MR) is 93.8 cm³/mol. The van der Waals surface area contributed by atoms with Crippen LogP contribution in [0.3, 0.4) is 0 Å². The van der Waals surface area contributed by atoms with Gasteiger partial charge < -0.3 is 5.73 Å². The molecule has 1 aliphatic rings. The van der Waals surface area contributed by atoms with Crippen molar-refractivity contribution in [3.63, 3.8) is 0 Å². The monoisotopic (exact) mass is 361 g/mol. The highest BCUT2D eigenvalue weighted by atomic mass is 32.2. The number of non-ortho nitro benzene ring substituents is 1. The van der Waals surface area contributed by atoms with Gasteiger partial charge in [0.25, 0.3) is 5.69 Å². The third kappa shape index (κ3) is 3.28. The first-order valence-corrected chi connectivity index (χ1v) is 9.30. The molecule has 0 aromatic heterocycles. The second-order valence-electron chi connectivity index (χ2n) is 6.21. The van der Waals surface area contributed by atoms with Gasteiger partial charge in [-0.25, -0.2) is 8.42 Å². The van der Waals surface area contributed by atoms with Crippen LogP contribution in [0.25, 0.3) is 0 Å². The van der Waals surface area contributed by atoms with Gasteiger partial charge in [-0.05, 0) is 18.1 Å². The summed E-state index contributed by atoms with van der Waals surface area (Å²) in [6.07, 6.45) is 0. The predicted octanol–water partition coefficient (Wildman–Crippen LogP) is 2.02. The van der Waals surface area contributed by atoms with Crippen molar-refractivity contribution in [1.29, 1.82) is 0 Å². The van der Waals surface area contributed by atoms with Gasteiger partial charge >= 0.3 is 0 Å². The number of nitro groups is 1. The maximum atomic E-state index is 13.0. The van der Waals surface area contributed by atoms with Crippen molar-refractivity contribution < 1.29 is 13.3 Å². The van der Waals surface area contributed by atoms with Crippen LogP contribution in [-0.4, -0.2) is 36.8 Å². The standard InChI is InChI=1S/C17H19N3O4S/c1-12-7-8-14(20(21)22)9-17(12)25(23,24)19-10-15(16(18)11-19)13-5-3-2-4-6-13/h2-9,15-16H,10-11,18H2,1H3/t15-,16+/m0/s1. The molecule has 0 unspecified atom stereocenters. The number of benzene rings is 2. The average molecular weight is 361 g/mol. The Kier molecular flexibility index (Phi) is 4.59. The van der Waals surface area contributed by atoms with Gasteiger partial charge in [0.2, 0.25) is 10.0 Å². The number of aryl methyl sites for hydroxylation is 1. The number of nitro benzene ring substituents is 1. The highest BCUT2D eigenvalue weighted by Gasteiger charge is 2.39. The molecule has 2 aromatic rings. The largest absolute Gasteiger partial charge is 0.326 e. The molecule has 1 fully saturated rings. The van der Waals surface area contributed by atoms with Crippen molar-refractivity contribution in [3.05, 3.63) is 69.8 Å². The number of hydrogen-bond donors (Lipinski definition) is 1. The number of hydrogen-bond acceptors (Lipinski definition) is 5. The summed E-state index contributed by atoms with van der Waals surface area (Å²) in [4.78, 5) is 10.3. The molecule has 0 aliphatic carbocycles. The van der Waals surface area contributed by atoms with E-state index in [1.54, 1.807) is 6.92 Å². The van der Waals surface area contributed by atoms with Crippen molar-refractivity contribution >= 4 is 15.7 Å². The van der Waals surface area contributed by atoms with Crippen LogP contribution in [0.5, 0.6) is 0 Å². The van der Waals surface area contributed by atoms with Crippen molar-refractivity contribution in [2.45, 2.75) is 23.8 Å². The lowest BCUT2D eigenvalue weighted by molar-refractivity contribution is -0.385. The Balaban J connectivity index is 1.94. The molecule has 0 bridgehead atoms. The van der Waals surface area contributed by atoms with E-state index >= 15 is 0 Å². The summed E-state index contributed by atoms with van der Waals surface area (Å²) in [6, 6.07) is 13.1. The highest BCUT2D eigenvalue weighted by molar-refractivity contribution is 7.89. The normalized spacial score (nSPS) is 21.4. The Morgan fingerprint density at radius 1 is 1.16 bits per heavy atom. The van der Waals surface area contributed by atoms with Gasteiger partial charge in [-0.15, -0.1) is 0 Å². The number of rotatable bonds is 4. The fourth-order valence-electron chi connectivity index (χ4n) is 3.16. The molecule has 1 saturated heterocycles. The van der Waals surface area contributed by atoms with Gasteiger partial charge in [-0.3, -0.25) is 10.1 Å². The van der Waals surface area contributed by atoms with Crippen LogP contribution in [0.1, 0.15) is 17.0 Å². The second kappa shape index (κ2) is 6.55. The quantitative estimate of drug-likeness (QED) is 0.662. The summed E-state index contributed by atoms with van der Waals surface area (Å²) >= 11 is 0. The molecule has 2 aromatic carbocycles. The third-order valence-electron chi connectivity index (χ3n) is 4.56. The summed E-state index contributed by atoms with van der Waals surface area (Å²) in [6.45, 7) is 2.07. The fourth-order valence-corrected chi connectivity index (χ4v) is 4.91. The first-order chi connectivity index (χ1) is 11.8. The average Bonchev–Trinajstić information content (AvgIpc) is 2.98. The fraction of sp³-hybridized carbons (Fsp3) is 0.294. The van der Waals surface area contributed by atoms with Crippen molar-refractivity contribution in [3.8, 4) is 0 Å². The molecule has 2 N–H and O–H groups in total. The van der Waals surface area contributed by atoms with Crippen LogP contribution in [0.4, 0.5) is 5.69 Å². The Hall–Kier alpha value is -2.29. The zero-order valence-corrected chi connectivity index (χ0v) is 14.5. The topological polar surface area (TPSA) is 107 Å². The lowest BCUT2D eigenvalue weighted by atomic mass is 9.95. The van der Waals surface area contributed by atoms with E-state index in [2.05, 4.69) is 0 Å². The van der Waals surface area contributed by atoms with Gasteiger partial charge in [0, 0.05) is 37.2 Å². The Labute approximate surface area is 146 Å². The van der Waals surface area contributed by atoms with Crippen LogP contribution < -0.4 is 5.73 Å². The van der Waals surface area contributed by atoms with Gasteiger partial charge in [-0.1, -0.05) is 36.4 Å². The first kappa shape index (κ1) is 17.5. The molecule has 0 radical (unpaired) electrons. The smallest absolute Gasteiger partial charge is 0.270 e. The van der Waals surface area contributed by atoms with E-state index in [0.29, 0.717) is 5.56 Å². The summed E-state index contributed by atoms with van der Waals surface area (Å²) in [5.74, 6) is -0.102. The molecular weight excluding hydrogens is 342 g/mol. The lowest BCUT2D eigenvalue weighted by Gasteiger charge is -2.18. The van der Waals surface area contributed by atoms with Crippen LogP contribution >= 0.6 is 0 Å². The van der Waals surface area contributed by atoms with E-state index in [1.165, 1.54) is 16.4 Å². The van der Waals surface area contributed by atoms with E-state index in [1.807, 2.05) is 30.3 Å². The van der Waals surface area contributed by atoms with Gasteiger partial charge in [0.15, 0.2) is 0 Å². The number of nitrogens with two attached hydrogens (primary N) is 1. The SMILES string of the molecule is Cc1ccc([N+](=O)[O-])cc1S(=O)(=O)N1C[C@@H](N)[C@H](c2ccccc2)C1. The van der Waals surface area contributed by atoms with E-state index in [-0.39, 0.29) is 35.6 Å². The first-order valence-electron chi connectivity index (χ1n) is 7.86. The van der Waals surface area contributed by atoms with E-state index in [0.717, 1.165) is 11.6 Å². The van der Waals surface area contributed by atoms with Crippen molar-refractivity contribution in [2.24, 2.45) is 5.73 Å². The van der Waals surface area contributed by atoms with Crippen LogP contribution in [-0.2, 0) is 10.0 Å². The maximum absolute atomic E-state index is 13.0. The lowest BCUT2D eigenvalue weighted by Crippen LogP contribution is -2.32.